The molecule has 2 amide bonds. The van der Waals surface area contributed by atoms with Gasteiger partial charge >= 0.3 is 0 Å². The fourth-order valence-corrected chi connectivity index (χ4v) is 4.26. The number of nitrogens with one attached hydrogen (secondary N) is 1. The molecule has 1 aliphatic rings. The number of nitrogens with zero attached hydrogens (tertiary/aromatic N) is 3. The average Bonchev–Trinajstić information content (AvgIpc) is 3.27. The SMILES string of the molecule is CNC(=O)CC1CN(C(=O)c2csc3ccccc23)Cc2ccnn21. The van der Waals surface area contributed by atoms with Crippen molar-refractivity contribution >= 4 is 33.2 Å². The zero-order valence-corrected chi connectivity index (χ0v) is 14.6. The minimum absolute atomic E-state index is 0.00630. The van der Waals surface area contributed by atoms with Crippen molar-refractivity contribution in [1.29, 1.82) is 0 Å². The highest BCUT2D eigenvalue weighted by atomic mass is 32.1. The quantitative estimate of drug-likeness (QED) is 0.785. The summed E-state index contributed by atoms with van der Waals surface area (Å²) in [6.07, 6.45) is 2.03. The summed E-state index contributed by atoms with van der Waals surface area (Å²) >= 11 is 1.58. The van der Waals surface area contributed by atoms with Crippen LogP contribution in [0.15, 0.2) is 41.9 Å². The summed E-state index contributed by atoms with van der Waals surface area (Å²) in [5.74, 6) is -0.0476. The molecule has 0 aliphatic carbocycles. The Balaban J connectivity index is 1.64. The number of aromatic nitrogens is 2. The largest absolute Gasteiger partial charge is 0.359 e. The predicted molar refractivity (Wildman–Crippen MR) is 96.5 cm³/mol. The molecular formula is C18H18N4O2S. The highest BCUT2D eigenvalue weighted by Gasteiger charge is 2.31. The third kappa shape index (κ3) is 2.80. The van der Waals surface area contributed by atoms with Gasteiger partial charge in [0, 0.05) is 35.3 Å². The summed E-state index contributed by atoms with van der Waals surface area (Å²) in [6, 6.07) is 9.69. The van der Waals surface area contributed by atoms with Gasteiger partial charge in [0.25, 0.3) is 5.91 Å². The lowest BCUT2D eigenvalue weighted by Crippen LogP contribution is -2.42. The Morgan fingerprint density at radius 2 is 2.16 bits per heavy atom. The van der Waals surface area contributed by atoms with Crippen molar-refractivity contribution in [1.82, 2.24) is 20.0 Å². The molecule has 0 saturated carbocycles. The number of rotatable bonds is 3. The van der Waals surface area contributed by atoms with E-state index in [0.717, 1.165) is 21.3 Å². The molecule has 1 atom stereocenters. The molecule has 1 N–H and O–H groups in total. The number of carbonyl (C=O) groups excluding carboxylic acids is 2. The summed E-state index contributed by atoms with van der Waals surface area (Å²) in [7, 11) is 1.62. The summed E-state index contributed by atoms with van der Waals surface area (Å²) in [6.45, 7) is 0.984. The second-order valence-corrected chi connectivity index (χ2v) is 7.04. The van der Waals surface area contributed by atoms with E-state index in [1.807, 2.05) is 45.3 Å². The summed E-state index contributed by atoms with van der Waals surface area (Å²) in [4.78, 5) is 26.8. The fraction of sp³-hybridized carbons (Fsp3) is 0.278. The van der Waals surface area contributed by atoms with Gasteiger partial charge in [0.05, 0.1) is 30.3 Å². The van der Waals surface area contributed by atoms with Crippen molar-refractivity contribution in [3.63, 3.8) is 0 Å². The lowest BCUT2D eigenvalue weighted by atomic mass is 10.1. The van der Waals surface area contributed by atoms with Crippen molar-refractivity contribution < 1.29 is 9.59 Å². The van der Waals surface area contributed by atoms with Crippen molar-refractivity contribution in [2.75, 3.05) is 13.6 Å². The molecular weight excluding hydrogens is 336 g/mol. The van der Waals surface area contributed by atoms with Crippen molar-refractivity contribution in [3.8, 4) is 0 Å². The van der Waals surface area contributed by atoms with E-state index in [1.54, 1.807) is 24.6 Å². The van der Waals surface area contributed by atoms with E-state index in [-0.39, 0.29) is 17.9 Å². The lowest BCUT2D eigenvalue weighted by Gasteiger charge is -2.33. The average molecular weight is 354 g/mol. The van der Waals surface area contributed by atoms with Crippen LogP contribution in [-0.4, -0.2) is 40.1 Å². The number of thiophene rings is 1. The molecule has 0 saturated heterocycles. The first-order chi connectivity index (χ1) is 12.2. The molecule has 4 rings (SSSR count). The first-order valence-electron chi connectivity index (χ1n) is 8.16. The summed E-state index contributed by atoms with van der Waals surface area (Å²) in [5, 5.41) is 9.89. The Bertz CT molecular complexity index is 945. The molecule has 25 heavy (non-hydrogen) atoms. The third-order valence-electron chi connectivity index (χ3n) is 4.58. The van der Waals surface area contributed by atoms with Gasteiger partial charge in [-0.2, -0.15) is 5.10 Å². The van der Waals surface area contributed by atoms with Gasteiger partial charge in [-0.25, -0.2) is 0 Å². The van der Waals surface area contributed by atoms with Crippen molar-refractivity contribution in [2.45, 2.75) is 19.0 Å². The molecule has 3 aromatic rings. The van der Waals surface area contributed by atoms with Gasteiger partial charge in [0.1, 0.15) is 0 Å². The van der Waals surface area contributed by atoms with Gasteiger partial charge in [-0.3, -0.25) is 14.3 Å². The van der Waals surface area contributed by atoms with E-state index < -0.39 is 0 Å². The fourth-order valence-electron chi connectivity index (χ4n) is 3.32. The van der Waals surface area contributed by atoms with Crippen LogP contribution in [0.5, 0.6) is 0 Å². The maximum atomic E-state index is 13.1. The summed E-state index contributed by atoms with van der Waals surface area (Å²) in [5.41, 5.74) is 1.68. The third-order valence-corrected chi connectivity index (χ3v) is 5.54. The molecule has 0 spiro atoms. The Morgan fingerprint density at radius 1 is 1.32 bits per heavy atom. The Hall–Kier alpha value is -2.67. The number of benzene rings is 1. The first kappa shape index (κ1) is 15.8. The van der Waals surface area contributed by atoms with E-state index in [9.17, 15) is 9.59 Å². The Morgan fingerprint density at radius 3 is 3.00 bits per heavy atom. The molecule has 0 bridgehead atoms. The van der Waals surface area contributed by atoms with Crippen LogP contribution in [0, 0.1) is 0 Å². The van der Waals surface area contributed by atoms with Crippen LogP contribution in [0.25, 0.3) is 10.1 Å². The van der Waals surface area contributed by atoms with Crippen LogP contribution >= 0.6 is 11.3 Å². The van der Waals surface area contributed by atoms with E-state index >= 15 is 0 Å². The Labute approximate surface area is 149 Å². The molecule has 7 heteroatoms. The normalized spacial score (nSPS) is 16.7. The van der Waals surface area contributed by atoms with Crippen LogP contribution in [0.2, 0.25) is 0 Å². The van der Waals surface area contributed by atoms with Gasteiger partial charge in [-0.15, -0.1) is 11.3 Å². The molecule has 2 aromatic heterocycles. The standard InChI is InChI=1S/C18H18N4O2S/c1-19-17(23)8-13-10-21(9-12-6-7-20-22(12)13)18(24)15-11-25-16-5-3-2-4-14(15)16/h2-7,11,13H,8-10H2,1H3,(H,19,23). The van der Waals surface area contributed by atoms with Gasteiger partial charge < -0.3 is 10.2 Å². The van der Waals surface area contributed by atoms with Gasteiger partial charge in [-0.1, -0.05) is 18.2 Å². The predicted octanol–water partition coefficient (Wildman–Crippen LogP) is 2.43. The van der Waals surface area contributed by atoms with Crippen molar-refractivity contribution in [3.05, 3.63) is 53.2 Å². The molecule has 0 radical (unpaired) electrons. The van der Waals surface area contributed by atoms with E-state index in [1.165, 1.54) is 0 Å². The van der Waals surface area contributed by atoms with E-state index in [2.05, 4.69) is 10.4 Å². The molecule has 128 valence electrons. The second kappa shape index (κ2) is 6.33. The maximum absolute atomic E-state index is 13.1. The van der Waals surface area contributed by atoms with Gasteiger partial charge in [0.15, 0.2) is 0 Å². The highest BCUT2D eigenvalue weighted by Crippen LogP contribution is 2.29. The minimum Gasteiger partial charge on any atom is -0.359 e. The van der Waals surface area contributed by atoms with Crippen LogP contribution < -0.4 is 5.32 Å². The molecule has 1 unspecified atom stereocenters. The summed E-state index contributed by atoms with van der Waals surface area (Å²) < 4.78 is 2.97. The number of hydrogen-bond donors (Lipinski definition) is 1. The number of hydrogen-bond acceptors (Lipinski definition) is 4. The lowest BCUT2D eigenvalue weighted by molar-refractivity contribution is -0.121. The van der Waals surface area contributed by atoms with E-state index in [0.29, 0.717) is 19.5 Å². The first-order valence-corrected chi connectivity index (χ1v) is 9.04. The van der Waals surface area contributed by atoms with Crippen LogP contribution in [0.1, 0.15) is 28.5 Å². The van der Waals surface area contributed by atoms with E-state index in [4.69, 9.17) is 0 Å². The zero-order valence-electron chi connectivity index (χ0n) is 13.8. The van der Waals surface area contributed by atoms with Crippen LogP contribution in [-0.2, 0) is 11.3 Å². The van der Waals surface area contributed by atoms with Gasteiger partial charge in [-0.05, 0) is 12.1 Å². The number of carbonyl (C=O) groups is 2. The van der Waals surface area contributed by atoms with Gasteiger partial charge in [0.2, 0.25) is 5.91 Å². The van der Waals surface area contributed by atoms with Crippen LogP contribution in [0.3, 0.4) is 0 Å². The minimum atomic E-state index is -0.146. The van der Waals surface area contributed by atoms with Crippen LogP contribution in [0.4, 0.5) is 0 Å². The Kier molecular flexibility index (Phi) is 4.01. The molecule has 1 aromatic carbocycles. The second-order valence-electron chi connectivity index (χ2n) is 6.13. The monoisotopic (exact) mass is 354 g/mol. The molecule has 6 nitrogen and oxygen atoms in total. The topological polar surface area (TPSA) is 67.2 Å². The smallest absolute Gasteiger partial charge is 0.255 e. The molecule has 1 aliphatic heterocycles. The number of amides is 2. The highest BCUT2D eigenvalue weighted by molar-refractivity contribution is 7.17. The van der Waals surface area contributed by atoms with Crippen molar-refractivity contribution in [2.24, 2.45) is 0 Å². The zero-order chi connectivity index (χ0) is 17.4. The molecule has 0 fully saturated rings. The molecule has 3 heterocycles. The number of fused-ring (bicyclic) bond motifs is 2. The maximum Gasteiger partial charge on any atom is 0.255 e.